The molecule has 0 saturated carbocycles. The van der Waals surface area contributed by atoms with Crippen LogP contribution in [0, 0.1) is 0 Å². The van der Waals surface area contributed by atoms with Gasteiger partial charge in [-0.15, -0.1) is 0 Å². The van der Waals surface area contributed by atoms with Crippen LogP contribution in [0.3, 0.4) is 0 Å². The number of imide groups is 1. The van der Waals surface area contributed by atoms with Gasteiger partial charge in [-0.2, -0.15) is 0 Å². The van der Waals surface area contributed by atoms with Crippen LogP contribution < -0.4 is 24.8 Å². The zero-order valence-corrected chi connectivity index (χ0v) is 16.7. The van der Waals surface area contributed by atoms with E-state index in [4.69, 9.17) is 14.2 Å². The first-order valence-corrected chi connectivity index (χ1v) is 9.31. The third-order valence-electron chi connectivity index (χ3n) is 4.64. The van der Waals surface area contributed by atoms with Crippen LogP contribution in [0.5, 0.6) is 17.2 Å². The largest absolute Gasteiger partial charge is 0.497 e. The highest BCUT2D eigenvalue weighted by atomic mass is 16.6. The molecule has 0 spiro atoms. The molecule has 0 saturated heterocycles. The summed E-state index contributed by atoms with van der Waals surface area (Å²) in [6.07, 6.45) is 0. The molecular weight excluding hydrogens is 374 g/mol. The lowest BCUT2D eigenvalue weighted by Crippen LogP contribution is -2.46. The molecule has 0 radical (unpaired) electrons. The molecule has 2 aromatic rings. The van der Waals surface area contributed by atoms with Gasteiger partial charge in [0.1, 0.15) is 19.0 Å². The molecule has 3 rings (SSSR count). The minimum Gasteiger partial charge on any atom is -0.497 e. The van der Waals surface area contributed by atoms with E-state index in [1.165, 1.54) is 0 Å². The maximum absolute atomic E-state index is 12.4. The second-order valence-corrected chi connectivity index (χ2v) is 6.74. The molecule has 0 unspecified atom stereocenters. The van der Waals surface area contributed by atoms with Crippen LogP contribution in [-0.2, 0) is 11.3 Å². The van der Waals surface area contributed by atoms with Gasteiger partial charge in [-0.1, -0.05) is 12.1 Å². The summed E-state index contributed by atoms with van der Waals surface area (Å²) in [6, 6.07) is 11.6. The molecule has 2 N–H and O–H groups in total. The number of amides is 3. The molecule has 29 heavy (non-hydrogen) atoms. The Hall–Kier alpha value is -3.26. The minimum atomic E-state index is -0.603. The average Bonchev–Trinajstić information content (AvgIpc) is 2.73. The van der Waals surface area contributed by atoms with E-state index >= 15 is 0 Å². The predicted molar refractivity (Wildman–Crippen MR) is 109 cm³/mol. The number of nitrogens with zero attached hydrogens (tertiary/aromatic N) is 1. The van der Waals surface area contributed by atoms with Gasteiger partial charge in [-0.05, 0) is 43.8 Å². The van der Waals surface area contributed by atoms with Crippen LogP contribution in [0.25, 0.3) is 0 Å². The van der Waals surface area contributed by atoms with E-state index in [-0.39, 0.29) is 0 Å². The molecule has 1 aliphatic rings. The summed E-state index contributed by atoms with van der Waals surface area (Å²) in [4.78, 5) is 26.5. The number of nitrogens with one attached hydrogen (secondary N) is 2. The van der Waals surface area contributed by atoms with Gasteiger partial charge in [0, 0.05) is 18.3 Å². The average molecular weight is 399 g/mol. The second kappa shape index (κ2) is 9.29. The summed E-state index contributed by atoms with van der Waals surface area (Å²) in [5.41, 5.74) is 1.52. The van der Waals surface area contributed by atoms with Crippen LogP contribution in [0.4, 0.5) is 10.5 Å². The summed E-state index contributed by atoms with van der Waals surface area (Å²) < 4.78 is 16.2. The molecule has 0 bridgehead atoms. The number of likely N-dealkylation sites (N-methyl/N-ethyl adjacent to an activating group) is 1. The third-order valence-corrected chi connectivity index (χ3v) is 4.64. The monoisotopic (exact) mass is 399 g/mol. The molecule has 1 aliphatic heterocycles. The molecule has 1 heterocycles. The Morgan fingerprint density at radius 1 is 1.14 bits per heavy atom. The number of hydrogen-bond donors (Lipinski definition) is 2. The van der Waals surface area contributed by atoms with Crippen LogP contribution in [-0.4, -0.2) is 50.3 Å². The van der Waals surface area contributed by atoms with Crippen molar-refractivity contribution in [2.75, 3.05) is 32.7 Å². The Morgan fingerprint density at radius 3 is 2.66 bits per heavy atom. The van der Waals surface area contributed by atoms with Crippen molar-refractivity contribution in [3.63, 3.8) is 0 Å². The van der Waals surface area contributed by atoms with Crippen LogP contribution in [0.2, 0.25) is 0 Å². The molecule has 2 aromatic carbocycles. The Kier molecular flexibility index (Phi) is 6.56. The third kappa shape index (κ3) is 5.39. The highest BCUT2D eigenvalue weighted by Gasteiger charge is 2.21. The molecule has 154 valence electrons. The van der Waals surface area contributed by atoms with Gasteiger partial charge in [-0.25, -0.2) is 4.79 Å². The lowest BCUT2D eigenvalue weighted by atomic mass is 10.2. The van der Waals surface area contributed by atoms with Crippen molar-refractivity contribution < 1.29 is 23.8 Å². The zero-order valence-electron chi connectivity index (χ0n) is 16.7. The van der Waals surface area contributed by atoms with Crippen molar-refractivity contribution >= 4 is 17.6 Å². The van der Waals surface area contributed by atoms with E-state index in [0.717, 1.165) is 11.3 Å². The summed E-state index contributed by atoms with van der Waals surface area (Å²) >= 11 is 0. The highest BCUT2D eigenvalue weighted by Crippen LogP contribution is 2.32. The van der Waals surface area contributed by atoms with Crippen LogP contribution in [0.15, 0.2) is 42.5 Å². The second-order valence-electron chi connectivity index (χ2n) is 6.74. The van der Waals surface area contributed by atoms with E-state index in [1.807, 2.05) is 36.2 Å². The molecule has 8 heteroatoms. The highest BCUT2D eigenvalue weighted by molar-refractivity contribution is 6.02. The molecule has 3 amide bonds. The SMILES string of the molecule is COc1cccc(CN(C)[C@H](C)C(=O)NC(=O)Nc2ccc3c(c2)OCCO3)c1. The predicted octanol–water partition coefficient (Wildman–Crippen LogP) is 2.64. The molecule has 0 aliphatic carbocycles. The van der Waals surface area contributed by atoms with Gasteiger partial charge < -0.3 is 19.5 Å². The number of ether oxygens (including phenoxy) is 3. The Balaban J connectivity index is 1.53. The molecule has 0 fully saturated rings. The quantitative estimate of drug-likeness (QED) is 0.776. The van der Waals surface area contributed by atoms with E-state index in [0.29, 0.717) is 36.9 Å². The summed E-state index contributed by atoms with van der Waals surface area (Å²) in [7, 11) is 3.43. The maximum atomic E-state index is 12.4. The summed E-state index contributed by atoms with van der Waals surface area (Å²) in [6.45, 7) is 3.23. The van der Waals surface area contributed by atoms with Gasteiger partial charge in [0.2, 0.25) is 5.91 Å². The first-order chi connectivity index (χ1) is 14.0. The normalized spacial score (nSPS) is 13.5. The topological polar surface area (TPSA) is 89.1 Å². The number of carbonyl (C=O) groups is 2. The van der Waals surface area contributed by atoms with Gasteiger partial charge in [-0.3, -0.25) is 15.0 Å². The van der Waals surface area contributed by atoms with Crippen molar-refractivity contribution in [3.05, 3.63) is 48.0 Å². The zero-order chi connectivity index (χ0) is 20.8. The lowest BCUT2D eigenvalue weighted by molar-refractivity contribution is -0.124. The standard InChI is InChI=1S/C21H25N3O5/c1-14(24(2)13-15-5-4-6-17(11-15)27-3)20(25)23-21(26)22-16-7-8-18-19(12-16)29-10-9-28-18/h4-8,11-12,14H,9-10,13H2,1-3H3,(H2,22,23,25,26)/t14-/m1/s1. The van der Waals surface area contributed by atoms with Gasteiger partial charge in [0.25, 0.3) is 0 Å². The van der Waals surface area contributed by atoms with Crippen molar-refractivity contribution in [1.29, 1.82) is 0 Å². The number of urea groups is 1. The Labute approximate surface area is 169 Å². The Morgan fingerprint density at radius 2 is 1.90 bits per heavy atom. The lowest BCUT2D eigenvalue weighted by Gasteiger charge is -2.24. The number of methoxy groups -OCH3 is 1. The van der Waals surface area contributed by atoms with E-state index in [2.05, 4.69) is 10.6 Å². The number of carbonyl (C=O) groups excluding carboxylic acids is 2. The van der Waals surface area contributed by atoms with Crippen molar-refractivity contribution in [2.24, 2.45) is 0 Å². The van der Waals surface area contributed by atoms with Crippen LogP contribution >= 0.6 is 0 Å². The first-order valence-electron chi connectivity index (χ1n) is 9.31. The fourth-order valence-corrected chi connectivity index (χ4v) is 2.90. The number of hydrogen-bond acceptors (Lipinski definition) is 6. The fraction of sp³-hybridized carbons (Fsp3) is 0.333. The van der Waals surface area contributed by atoms with E-state index in [1.54, 1.807) is 32.2 Å². The molecule has 0 aromatic heterocycles. The molecule has 1 atom stereocenters. The fourth-order valence-electron chi connectivity index (χ4n) is 2.90. The summed E-state index contributed by atoms with van der Waals surface area (Å²) in [5, 5.41) is 5.01. The minimum absolute atomic E-state index is 0.398. The number of fused-ring (bicyclic) bond motifs is 1. The molecular formula is C21H25N3O5. The van der Waals surface area contributed by atoms with E-state index < -0.39 is 18.0 Å². The van der Waals surface area contributed by atoms with E-state index in [9.17, 15) is 9.59 Å². The van der Waals surface area contributed by atoms with Gasteiger partial charge >= 0.3 is 6.03 Å². The number of rotatable bonds is 6. The maximum Gasteiger partial charge on any atom is 0.325 e. The van der Waals surface area contributed by atoms with Crippen LogP contribution in [0.1, 0.15) is 12.5 Å². The number of benzene rings is 2. The van der Waals surface area contributed by atoms with Crippen molar-refractivity contribution in [1.82, 2.24) is 10.2 Å². The van der Waals surface area contributed by atoms with Gasteiger partial charge in [0.05, 0.1) is 13.2 Å². The smallest absolute Gasteiger partial charge is 0.325 e. The summed E-state index contributed by atoms with van der Waals surface area (Å²) in [5.74, 6) is 1.55. The van der Waals surface area contributed by atoms with Gasteiger partial charge in [0.15, 0.2) is 11.5 Å². The number of anilines is 1. The molecule has 8 nitrogen and oxygen atoms in total. The van der Waals surface area contributed by atoms with Crippen molar-refractivity contribution in [2.45, 2.75) is 19.5 Å². The first kappa shape index (κ1) is 20.5. The Bertz CT molecular complexity index is 886. The van der Waals surface area contributed by atoms with Crippen molar-refractivity contribution in [3.8, 4) is 17.2 Å².